The summed E-state index contributed by atoms with van der Waals surface area (Å²) in [5.41, 5.74) is 2.01. The molecule has 200 valence electrons. The van der Waals surface area contributed by atoms with Crippen LogP contribution in [0.5, 0.6) is 0 Å². The van der Waals surface area contributed by atoms with E-state index in [1.807, 2.05) is 0 Å². The van der Waals surface area contributed by atoms with E-state index >= 15 is 0 Å². The Hall–Kier alpha value is -2.29. The van der Waals surface area contributed by atoms with Crippen LogP contribution in [-0.4, -0.2) is 8.42 Å². The third-order valence-corrected chi connectivity index (χ3v) is 9.92. The SMILES string of the molecule is O=S(=O)(C(C=Cc1ccc(F)cc1Cl)c1ccc(Br)cc1)C(C=Cc1ccc(F)cc1Cl)c1ccc(Br)cc1. The Morgan fingerprint density at radius 2 is 0.974 bits per heavy atom. The molecule has 0 radical (unpaired) electrons. The van der Waals surface area contributed by atoms with E-state index in [1.165, 1.54) is 36.4 Å². The van der Waals surface area contributed by atoms with Gasteiger partial charge >= 0.3 is 0 Å². The van der Waals surface area contributed by atoms with Crippen molar-refractivity contribution in [2.24, 2.45) is 0 Å². The van der Waals surface area contributed by atoms with E-state index in [0.717, 1.165) is 8.95 Å². The highest BCUT2D eigenvalue weighted by Gasteiger charge is 2.33. The quantitative estimate of drug-likeness (QED) is 0.182. The summed E-state index contributed by atoms with van der Waals surface area (Å²) < 4.78 is 57.6. The first-order valence-corrected chi connectivity index (χ1v) is 15.5. The zero-order valence-corrected chi connectivity index (χ0v) is 25.5. The molecule has 0 aromatic heterocycles. The molecule has 0 spiro atoms. The maximum absolute atomic E-state index is 14.4. The van der Waals surface area contributed by atoms with Crippen molar-refractivity contribution in [2.75, 3.05) is 0 Å². The van der Waals surface area contributed by atoms with E-state index in [2.05, 4.69) is 31.9 Å². The molecule has 2 unspecified atom stereocenters. The van der Waals surface area contributed by atoms with E-state index in [9.17, 15) is 17.2 Å². The molecule has 2 atom stereocenters. The topological polar surface area (TPSA) is 34.1 Å². The van der Waals surface area contributed by atoms with Gasteiger partial charge in [-0.2, -0.15) is 0 Å². The first-order valence-electron chi connectivity index (χ1n) is 11.5. The molecule has 4 rings (SSSR count). The summed E-state index contributed by atoms with van der Waals surface area (Å²) >= 11 is 19.2. The molecule has 0 aliphatic rings. The number of sulfone groups is 1. The summed E-state index contributed by atoms with van der Waals surface area (Å²) in [7, 11) is -4.02. The molecule has 2 nitrogen and oxygen atoms in total. The Morgan fingerprint density at radius 3 is 1.31 bits per heavy atom. The van der Waals surface area contributed by atoms with Crippen LogP contribution in [-0.2, 0) is 9.84 Å². The molecule has 0 saturated carbocycles. The van der Waals surface area contributed by atoms with Crippen LogP contribution in [0.15, 0.2) is 106 Å². The highest BCUT2D eigenvalue weighted by molar-refractivity contribution is 9.10. The Balaban J connectivity index is 1.85. The summed E-state index contributed by atoms with van der Waals surface area (Å²) in [5.74, 6) is -0.983. The number of rotatable bonds is 8. The zero-order valence-electron chi connectivity index (χ0n) is 20.0. The summed E-state index contributed by atoms with van der Waals surface area (Å²) in [5, 5.41) is -1.86. The van der Waals surface area contributed by atoms with Gasteiger partial charge in [0, 0.05) is 8.95 Å². The first-order chi connectivity index (χ1) is 18.5. The van der Waals surface area contributed by atoms with Gasteiger partial charge in [0.05, 0.1) is 10.0 Å². The fourth-order valence-electron chi connectivity index (χ4n) is 3.94. The van der Waals surface area contributed by atoms with Gasteiger partial charge in [0.2, 0.25) is 0 Å². The summed E-state index contributed by atoms with van der Waals surface area (Å²) in [6.07, 6.45) is 6.24. The van der Waals surface area contributed by atoms with Crippen LogP contribution in [0.4, 0.5) is 8.78 Å². The average Bonchev–Trinajstić information content (AvgIpc) is 2.88. The molecular formula is C30H20Br2Cl2F2O2S. The van der Waals surface area contributed by atoms with E-state index < -0.39 is 32.0 Å². The molecule has 9 heteroatoms. The van der Waals surface area contributed by atoms with Crippen molar-refractivity contribution in [2.45, 2.75) is 10.5 Å². The van der Waals surface area contributed by atoms with Crippen molar-refractivity contribution < 1.29 is 17.2 Å². The molecule has 4 aromatic rings. The lowest BCUT2D eigenvalue weighted by molar-refractivity contribution is 0.584. The predicted octanol–water partition coefficient (Wildman–Crippen LogP) is 10.4. The van der Waals surface area contributed by atoms with Gasteiger partial charge in [-0.3, -0.25) is 0 Å². The van der Waals surface area contributed by atoms with Crippen LogP contribution in [0, 0.1) is 11.6 Å². The fourth-order valence-corrected chi connectivity index (χ4v) is 6.91. The minimum absolute atomic E-state index is 0.161. The molecule has 4 aromatic carbocycles. The Bertz CT molecular complexity index is 1520. The fraction of sp³-hybridized carbons (Fsp3) is 0.0667. The lowest BCUT2D eigenvalue weighted by Gasteiger charge is -2.22. The molecule has 0 saturated heterocycles. The Labute approximate surface area is 253 Å². The van der Waals surface area contributed by atoms with Crippen molar-refractivity contribution in [3.63, 3.8) is 0 Å². The molecule has 0 amide bonds. The first kappa shape index (κ1) is 29.7. The number of hydrogen-bond donors (Lipinski definition) is 0. The van der Waals surface area contributed by atoms with E-state index in [-0.39, 0.29) is 10.0 Å². The predicted molar refractivity (Wildman–Crippen MR) is 164 cm³/mol. The van der Waals surface area contributed by atoms with Crippen molar-refractivity contribution in [3.8, 4) is 0 Å². The lowest BCUT2D eigenvalue weighted by atomic mass is 10.1. The molecule has 0 N–H and O–H groups in total. The molecule has 0 aliphatic carbocycles. The van der Waals surface area contributed by atoms with E-state index in [0.29, 0.717) is 22.3 Å². The molecular weight excluding hydrogens is 693 g/mol. The minimum Gasteiger partial charge on any atom is -0.227 e. The van der Waals surface area contributed by atoms with Crippen LogP contribution in [0.1, 0.15) is 32.8 Å². The molecule has 0 fully saturated rings. The molecule has 39 heavy (non-hydrogen) atoms. The lowest BCUT2D eigenvalue weighted by Crippen LogP contribution is -2.19. The van der Waals surface area contributed by atoms with Gasteiger partial charge in [-0.15, -0.1) is 0 Å². The van der Waals surface area contributed by atoms with Gasteiger partial charge in [0.25, 0.3) is 0 Å². The largest absolute Gasteiger partial charge is 0.227 e. The van der Waals surface area contributed by atoms with Gasteiger partial charge in [-0.05, 0) is 70.8 Å². The Morgan fingerprint density at radius 1 is 0.615 bits per heavy atom. The molecule has 0 aliphatic heterocycles. The van der Waals surface area contributed by atoms with Crippen LogP contribution in [0.25, 0.3) is 12.2 Å². The summed E-state index contributed by atoms with van der Waals surface area (Å²) in [6.45, 7) is 0. The van der Waals surface area contributed by atoms with Gasteiger partial charge in [-0.1, -0.05) is 116 Å². The standard InChI is InChI=1S/C30H20Br2Cl2F2O2S/c31-23-9-1-21(2-10-23)29(15-7-19-5-13-25(35)17-27(19)33)39(37,38)30(22-3-11-24(32)12-4-22)16-8-20-6-14-26(36)18-28(20)34/h1-18,29-30H. The van der Waals surface area contributed by atoms with Gasteiger partial charge in [0.15, 0.2) is 9.84 Å². The highest BCUT2D eigenvalue weighted by Crippen LogP contribution is 2.38. The van der Waals surface area contributed by atoms with Gasteiger partial charge in [-0.25, -0.2) is 17.2 Å². The monoisotopic (exact) mass is 710 g/mol. The van der Waals surface area contributed by atoms with Crippen molar-refractivity contribution in [3.05, 3.63) is 150 Å². The third-order valence-electron chi connectivity index (χ3n) is 5.93. The zero-order chi connectivity index (χ0) is 28.2. The highest BCUT2D eigenvalue weighted by atomic mass is 79.9. The van der Waals surface area contributed by atoms with Crippen LogP contribution < -0.4 is 0 Å². The van der Waals surface area contributed by atoms with Crippen molar-refractivity contribution in [1.82, 2.24) is 0 Å². The number of halogens is 6. The van der Waals surface area contributed by atoms with Crippen LogP contribution in [0.2, 0.25) is 10.0 Å². The van der Waals surface area contributed by atoms with Gasteiger partial charge in [0.1, 0.15) is 22.1 Å². The Kier molecular flexibility index (Phi) is 9.83. The van der Waals surface area contributed by atoms with Crippen LogP contribution in [0.3, 0.4) is 0 Å². The van der Waals surface area contributed by atoms with E-state index in [1.54, 1.807) is 72.8 Å². The van der Waals surface area contributed by atoms with Crippen molar-refractivity contribution in [1.29, 1.82) is 0 Å². The maximum Gasteiger partial charge on any atom is 0.171 e. The summed E-state index contributed by atoms with van der Waals surface area (Å²) in [4.78, 5) is 0. The second-order valence-corrected chi connectivity index (χ2v) is 13.4. The average molecular weight is 713 g/mol. The second-order valence-electron chi connectivity index (χ2n) is 8.58. The smallest absolute Gasteiger partial charge is 0.171 e. The van der Waals surface area contributed by atoms with Gasteiger partial charge < -0.3 is 0 Å². The van der Waals surface area contributed by atoms with Crippen molar-refractivity contribution >= 4 is 77.1 Å². The molecule has 0 bridgehead atoms. The van der Waals surface area contributed by atoms with E-state index in [4.69, 9.17) is 23.2 Å². The summed E-state index contributed by atoms with van der Waals surface area (Å²) in [6, 6.07) is 21.8. The molecule has 0 heterocycles. The second kappa shape index (κ2) is 12.9. The normalized spacial score (nSPS) is 13.7. The minimum atomic E-state index is -4.02. The number of hydrogen-bond acceptors (Lipinski definition) is 2. The number of benzene rings is 4. The van der Waals surface area contributed by atoms with Crippen LogP contribution >= 0.6 is 55.1 Å². The maximum atomic E-state index is 14.4. The third kappa shape index (κ3) is 7.47.